The first-order valence-corrected chi connectivity index (χ1v) is 8.95. The molecule has 3 nitrogen and oxygen atoms in total. The van der Waals surface area contributed by atoms with Gasteiger partial charge in [-0.2, -0.15) is 0 Å². The van der Waals surface area contributed by atoms with E-state index in [0.717, 1.165) is 56.7 Å². The Bertz CT molecular complexity index is 328. The summed E-state index contributed by atoms with van der Waals surface area (Å²) in [6, 6.07) is 0. The van der Waals surface area contributed by atoms with Gasteiger partial charge in [0.15, 0.2) is 0 Å². The quantitative estimate of drug-likeness (QED) is 0.646. The third-order valence-corrected chi connectivity index (χ3v) is 6.00. The van der Waals surface area contributed by atoms with Gasteiger partial charge in [0.25, 0.3) is 0 Å². The highest BCUT2D eigenvalue weighted by Gasteiger charge is 2.50. The van der Waals surface area contributed by atoms with Gasteiger partial charge < -0.3 is 9.84 Å². The summed E-state index contributed by atoms with van der Waals surface area (Å²) in [5.74, 6) is 2.36. The average Bonchev–Trinajstić information content (AvgIpc) is 2.40. The SMILES string of the molecule is O=C(O)CCCCCCOCC12CC3CC(CC(C3)C1)C2. The van der Waals surface area contributed by atoms with E-state index in [1.165, 1.54) is 38.5 Å². The molecular formula is C18H30O3. The third kappa shape index (κ3) is 4.00. The summed E-state index contributed by atoms with van der Waals surface area (Å²) >= 11 is 0. The molecule has 4 fully saturated rings. The molecule has 0 heterocycles. The maximum absolute atomic E-state index is 10.4. The average molecular weight is 294 g/mol. The number of carbonyl (C=O) groups is 1. The first kappa shape index (κ1) is 15.3. The summed E-state index contributed by atoms with van der Waals surface area (Å²) in [4.78, 5) is 10.4. The molecule has 0 radical (unpaired) electrons. The van der Waals surface area contributed by atoms with Crippen molar-refractivity contribution in [3.8, 4) is 0 Å². The van der Waals surface area contributed by atoms with Gasteiger partial charge in [-0.15, -0.1) is 0 Å². The van der Waals surface area contributed by atoms with Gasteiger partial charge in [0.1, 0.15) is 0 Å². The van der Waals surface area contributed by atoms with Crippen molar-refractivity contribution in [1.82, 2.24) is 0 Å². The molecule has 0 amide bonds. The van der Waals surface area contributed by atoms with Crippen LogP contribution in [0.3, 0.4) is 0 Å². The van der Waals surface area contributed by atoms with E-state index in [2.05, 4.69) is 0 Å². The van der Waals surface area contributed by atoms with Crippen LogP contribution in [0.25, 0.3) is 0 Å². The molecule has 0 saturated heterocycles. The molecule has 3 heteroatoms. The Kier molecular flexibility index (Phi) is 4.88. The number of hydrogen-bond acceptors (Lipinski definition) is 2. The molecule has 0 spiro atoms. The second-order valence-corrected chi connectivity index (χ2v) is 8.03. The summed E-state index contributed by atoms with van der Waals surface area (Å²) < 4.78 is 6.03. The second-order valence-electron chi connectivity index (χ2n) is 8.03. The van der Waals surface area contributed by atoms with Crippen molar-refractivity contribution < 1.29 is 14.6 Å². The Balaban J connectivity index is 1.29. The van der Waals surface area contributed by atoms with E-state index in [0.29, 0.717) is 11.8 Å². The maximum atomic E-state index is 10.4. The lowest BCUT2D eigenvalue weighted by molar-refractivity contribution is -0.137. The molecule has 0 unspecified atom stereocenters. The summed E-state index contributed by atoms with van der Waals surface area (Å²) in [5, 5.41) is 8.58. The number of aliphatic carboxylic acids is 1. The van der Waals surface area contributed by atoms with Gasteiger partial charge in [0.05, 0.1) is 6.61 Å². The number of hydrogen-bond donors (Lipinski definition) is 1. The van der Waals surface area contributed by atoms with E-state index in [-0.39, 0.29) is 0 Å². The Morgan fingerprint density at radius 3 is 2.10 bits per heavy atom. The molecule has 1 N–H and O–H groups in total. The Morgan fingerprint density at radius 2 is 1.52 bits per heavy atom. The fraction of sp³-hybridized carbons (Fsp3) is 0.944. The standard InChI is InChI=1S/C18H30O3/c19-17(20)5-3-1-2-4-6-21-13-18-10-14-7-15(11-18)9-16(8-14)12-18/h14-16H,1-13H2,(H,19,20). The zero-order valence-electron chi connectivity index (χ0n) is 13.2. The highest BCUT2D eigenvalue weighted by atomic mass is 16.5. The molecule has 4 aliphatic carbocycles. The van der Waals surface area contributed by atoms with Crippen molar-refractivity contribution in [3.05, 3.63) is 0 Å². The van der Waals surface area contributed by atoms with Crippen molar-refractivity contribution in [2.45, 2.75) is 70.6 Å². The molecule has 0 aromatic rings. The van der Waals surface area contributed by atoms with Gasteiger partial charge in [-0.05, 0) is 74.5 Å². The lowest BCUT2D eigenvalue weighted by Crippen LogP contribution is -2.48. The molecule has 0 aromatic heterocycles. The molecular weight excluding hydrogens is 264 g/mol. The monoisotopic (exact) mass is 294 g/mol. The predicted molar refractivity (Wildman–Crippen MR) is 82.1 cm³/mol. The van der Waals surface area contributed by atoms with Gasteiger partial charge in [-0.25, -0.2) is 0 Å². The van der Waals surface area contributed by atoms with Crippen LogP contribution in [0.1, 0.15) is 70.6 Å². The molecule has 120 valence electrons. The highest BCUT2D eigenvalue weighted by molar-refractivity contribution is 5.66. The van der Waals surface area contributed by atoms with E-state index in [1.54, 1.807) is 0 Å². The van der Waals surface area contributed by atoms with Crippen molar-refractivity contribution in [2.75, 3.05) is 13.2 Å². The molecule has 0 aromatic carbocycles. The predicted octanol–water partition coefficient (Wildman–Crippen LogP) is 4.25. The van der Waals surface area contributed by atoms with E-state index in [9.17, 15) is 4.79 Å². The maximum Gasteiger partial charge on any atom is 0.303 e. The summed E-state index contributed by atoms with van der Waals surface area (Å²) in [6.07, 6.45) is 13.1. The van der Waals surface area contributed by atoms with Gasteiger partial charge in [-0.3, -0.25) is 4.79 Å². The van der Waals surface area contributed by atoms with Crippen LogP contribution in [0, 0.1) is 23.2 Å². The number of carboxylic acid groups (broad SMARTS) is 1. The second kappa shape index (κ2) is 6.68. The Labute approximate surface area is 128 Å². The van der Waals surface area contributed by atoms with Crippen LogP contribution in [-0.4, -0.2) is 24.3 Å². The Morgan fingerprint density at radius 1 is 0.952 bits per heavy atom. The van der Waals surface area contributed by atoms with Gasteiger partial charge >= 0.3 is 5.97 Å². The zero-order chi connectivity index (χ0) is 14.7. The molecule has 4 saturated carbocycles. The van der Waals surface area contributed by atoms with E-state index >= 15 is 0 Å². The van der Waals surface area contributed by atoms with Gasteiger partial charge in [0.2, 0.25) is 0 Å². The van der Waals surface area contributed by atoms with Gasteiger partial charge in [0, 0.05) is 13.0 Å². The van der Waals surface area contributed by atoms with Crippen LogP contribution in [0.15, 0.2) is 0 Å². The summed E-state index contributed by atoms with van der Waals surface area (Å²) in [7, 11) is 0. The highest BCUT2D eigenvalue weighted by Crippen LogP contribution is 2.60. The van der Waals surface area contributed by atoms with Crippen molar-refractivity contribution in [2.24, 2.45) is 23.2 Å². The first-order valence-electron chi connectivity index (χ1n) is 8.95. The zero-order valence-corrected chi connectivity index (χ0v) is 13.2. The van der Waals surface area contributed by atoms with Crippen LogP contribution < -0.4 is 0 Å². The minimum atomic E-state index is -0.673. The minimum absolute atomic E-state index is 0.314. The van der Waals surface area contributed by atoms with Crippen LogP contribution in [0.5, 0.6) is 0 Å². The first-order chi connectivity index (χ1) is 10.2. The van der Waals surface area contributed by atoms with E-state index < -0.39 is 5.97 Å². The number of unbranched alkanes of at least 4 members (excludes halogenated alkanes) is 3. The largest absolute Gasteiger partial charge is 0.481 e. The number of rotatable bonds is 9. The fourth-order valence-electron chi connectivity index (χ4n) is 5.59. The lowest BCUT2D eigenvalue weighted by Gasteiger charge is -2.56. The van der Waals surface area contributed by atoms with Crippen LogP contribution >= 0.6 is 0 Å². The van der Waals surface area contributed by atoms with Crippen molar-refractivity contribution in [1.29, 1.82) is 0 Å². The number of ether oxygens (including phenoxy) is 1. The molecule has 21 heavy (non-hydrogen) atoms. The smallest absolute Gasteiger partial charge is 0.303 e. The van der Waals surface area contributed by atoms with E-state index in [1.807, 2.05) is 0 Å². The minimum Gasteiger partial charge on any atom is -0.481 e. The molecule has 0 atom stereocenters. The molecule has 4 rings (SSSR count). The van der Waals surface area contributed by atoms with Crippen LogP contribution in [-0.2, 0) is 9.53 Å². The normalized spacial score (nSPS) is 37.0. The molecule has 0 aliphatic heterocycles. The summed E-state index contributed by atoms with van der Waals surface area (Å²) in [5.41, 5.74) is 0.540. The van der Waals surface area contributed by atoms with Crippen molar-refractivity contribution in [3.63, 3.8) is 0 Å². The van der Waals surface area contributed by atoms with Crippen LogP contribution in [0.4, 0.5) is 0 Å². The lowest BCUT2D eigenvalue weighted by atomic mass is 9.50. The fourth-order valence-corrected chi connectivity index (χ4v) is 5.59. The Hall–Kier alpha value is -0.570. The van der Waals surface area contributed by atoms with Gasteiger partial charge in [-0.1, -0.05) is 12.8 Å². The third-order valence-electron chi connectivity index (χ3n) is 6.00. The molecule has 4 bridgehead atoms. The van der Waals surface area contributed by atoms with Crippen LogP contribution in [0.2, 0.25) is 0 Å². The summed E-state index contributed by atoms with van der Waals surface area (Å²) in [6.45, 7) is 1.86. The number of carboxylic acids is 1. The van der Waals surface area contributed by atoms with Crippen molar-refractivity contribution >= 4 is 5.97 Å². The topological polar surface area (TPSA) is 46.5 Å². The molecule has 4 aliphatic rings. The van der Waals surface area contributed by atoms with E-state index in [4.69, 9.17) is 9.84 Å².